The molecule has 94 valence electrons. The van der Waals surface area contributed by atoms with Crippen LogP contribution >= 0.6 is 0 Å². The smallest absolute Gasteiger partial charge is 0.363 e. The molecular formula is C12H19N3O2. The molecule has 1 aromatic heterocycles. The first kappa shape index (κ1) is 13.4. The fourth-order valence-electron chi connectivity index (χ4n) is 1.18. The molecule has 0 fully saturated rings. The Morgan fingerprint density at radius 1 is 1.47 bits per heavy atom. The van der Waals surface area contributed by atoms with E-state index in [4.69, 9.17) is 0 Å². The van der Waals surface area contributed by atoms with Gasteiger partial charge in [-0.3, -0.25) is 0 Å². The van der Waals surface area contributed by atoms with Gasteiger partial charge in [0.05, 0.1) is 5.69 Å². The Hall–Kier alpha value is -1.65. The SMILES string of the molecule is CC(CNc1ccc([N+](=O)[O-])nc1)C(C)(C)C. The molecule has 0 aliphatic carbocycles. The largest absolute Gasteiger partial charge is 0.382 e. The normalized spacial score (nSPS) is 13.2. The molecular weight excluding hydrogens is 218 g/mol. The van der Waals surface area contributed by atoms with E-state index in [0.717, 1.165) is 12.2 Å². The summed E-state index contributed by atoms with van der Waals surface area (Å²) in [5.41, 5.74) is 1.05. The van der Waals surface area contributed by atoms with Crippen LogP contribution in [0.25, 0.3) is 0 Å². The first-order valence-corrected chi connectivity index (χ1v) is 5.65. The summed E-state index contributed by atoms with van der Waals surface area (Å²) in [4.78, 5) is 13.7. The predicted molar refractivity (Wildman–Crippen MR) is 68.0 cm³/mol. The maximum atomic E-state index is 10.4. The van der Waals surface area contributed by atoms with Gasteiger partial charge in [-0.25, -0.2) is 0 Å². The summed E-state index contributed by atoms with van der Waals surface area (Å²) >= 11 is 0. The molecule has 1 N–H and O–H groups in total. The van der Waals surface area contributed by atoms with Crippen molar-refractivity contribution < 1.29 is 4.92 Å². The summed E-state index contributed by atoms with van der Waals surface area (Å²) in [5.74, 6) is 0.372. The fourth-order valence-corrected chi connectivity index (χ4v) is 1.18. The zero-order valence-electron chi connectivity index (χ0n) is 10.7. The van der Waals surface area contributed by atoms with Crippen LogP contribution in [0.2, 0.25) is 0 Å². The van der Waals surface area contributed by atoms with Gasteiger partial charge >= 0.3 is 5.82 Å². The summed E-state index contributed by atoms with van der Waals surface area (Å²) in [6.07, 6.45) is 1.49. The summed E-state index contributed by atoms with van der Waals surface area (Å²) in [6.45, 7) is 9.56. The number of anilines is 1. The predicted octanol–water partition coefficient (Wildman–Crippen LogP) is 3.08. The topological polar surface area (TPSA) is 68.1 Å². The van der Waals surface area contributed by atoms with Gasteiger partial charge in [-0.15, -0.1) is 0 Å². The monoisotopic (exact) mass is 237 g/mol. The average Bonchev–Trinajstić information content (AvgIpc) is 2.25. The third kappa shape index (κ3) is 4.01. The minimum atomic E-state index is -0.498. The van der Waals surface area contributed by atoms with Crippen LogP contribution in [0.3, 0.4) is 0 Å². The summed E-state index contributed by atoms with van der Waals surface area (Å²) in [5, 5.41) is 13.7. The lowest BCUT2D eigenvalue weighted by Crippen LogP contribution is -2.24. The molecule has 0 amide bonds. The lowest BCUT2D eigenvalue weighted by atomic mass is 9.82. The Kier molecular flexibility index (Phi) is 4.04. The second kappa shape index (κ2) is 5.12. The van der Waals surface area contributed by atoms with Crippen molar-refractivity contribution in [2.45, 2.75) is 27.7 Å². The van der Waals surface area contributed by atoms with Crippen LogP contribution in [0.15, 0.2) is 18.3 Å². The highest BCUT2D eigenvalue weighted by atomic mass is 16.6. The molecule has 0 saturated carbocycles. The molecule has 17 heavy (non-hydrogen) atoms. The van der Waals surface area contributed by atoms with E-state index in [0.29, 0.717) is 5.92 Å². The molecule has 1 aromatic rings. The van der Waals surface area contributed by atoms with Gasteiger partial charge in [-0.1, -0.05) is 27.7 Å². The van der Waals surface area contributed by atoms with Crippen molar-refractivity contribution in [3.8, 4) is 0 Å². The second-order valence-corrected chi connectivity index (χ2v) is 5.31. The summed E-state index contributed by atoms with van der Waals surface area (Å²) in [6, 6.07) is 3.09. The van der Waals surface area contributed by atoms with E-state index in [1.54, 1.807) is 6.07 Å². The first-order chi connectivity index (χ1) is 7.80. The number of hydrogen-bond acceptors (Lipinski definition) is 4. The third-order valence-corrected chi connectivity index (χ3v) is 3.03. The van der Waals surface area contributed by atoms with Crippen molar-refractivity contribution in [3.05, 3.63) is 28.4 Å². The Labute approximate surface area is 101 Å². The number of nitro groups is 1. The lowest BCUT2D eigenvalue weighted by Gasteiger charge is -2.27. The molecule has 1 heterocycles. The minimum absolute atomic E-state index is 0.126. The second-order valence-electron chi connectivity index (χ2n) is 5.31. The third-order valence-electron chi connectivity index (χ3n) is 3.03. The highest BCUT2D eigenvalue weighted by molar-refractivity contribution is 5.43. The minimum Gasteiger partial charge on any atom is -0.382 e. The standard InChI is InChI=1S/C12H19N3O2/c1-9(12(2,3)4)7-13-10-5-6-11(14-8-10)15(16)17/h5-6,8-9,13H,7H2,1-4H3. The Morgan fingerprint density at radius 3 is 2.53 bits per heavy atom. The number of nitrogens with one attached hydrogen (secondary N) is 1. The Bertz CT molecular complexity index is 382. The molecule has 1 atom stereocenters. The molecule has 1 rings (SSSR count). The van der Waals surface area contributed by atoms with Crippen LogP contribution in [0, 0.1) is 21.4 Å². The molecule has 0 aromatic carbocycles. The van der Waals surface area contributed by atoms with Gasteiger partial charge in [0.1, 0.15) is 0 Å². The van der Waals surface area contributed by atoms with Crippen molar-refractivity contribution in [1.82, 2.24) is 4.98 Å². The number of pyridine rings is 1. The lowest BCUT2D eigenvalue weighted by molar-refractivity contribution is -0.389. The molecule has 0 bridgehead atoms. The van der Waals surface area contributed by atoms with Gasteiger partial charge in [0.25, 0.3) is 0 Å². The van der Waals surface area contributed by atoms with Crippen LogP contribution in [0.1, 0.15) is 27.7 Å². The highest BCUT2D eigenvalue weighted by Crippen LogP contribution is 2.25. The van der Waals surface area contributed by atoms with Crippen LogP contribution in [-0.4, -0.2) is 16.5 Å². The fraction of sp³-hybridized carbons (Fsp3) is 0.583. The number of aromatic nitrogens is 1. The number of nitrogens with zero attached hydrogens (tertiary/aromatic N) is 2. The van der Waals surface area contributed by atoms with Crippen molar-refractivity contribution in [2.75, 3.05) is 11.9 Å². The number of hydrogen-bond donors (Lipinski definition) is 1. The van der Waals surface area contributed by atoms with Crippen molar-refractivity contribution in [2.24, 2.45) is 11.3 Å². The molecule has 0 saturated heterocycles. The van der Waals surface area contributed by atoms with Crippen molar-refractivity contribution >= 4 is 11.5 Å². The van der Waals surface area contributed by atoms with Gasteiger partial charge in [0.15, 0.2) is 6.20 Å². The van der Waals surface area contributed by atoms with E-state index in [-0.39, 0.29) is 11.2 Å². The van der Waals surface area contributed by atoms with E-state index in [2.05, 4.69) is 38.0 Å². The Balaban J connectivity index is 2.56. The van der Waals surface area contributed by atoms with E-state index in [9.17, 15) is 10.1 Å². The van der Waals surface area contributed by atoms with Crippen molar-refractivity contribution in [3.63, 3.8) is 0 Å². The molecule has 0 aliphatic heterocycles. The van der Waals surface area contributed by atoms with Crippen LogP contribution in [0.4, 0.5) is 11.5 Å². The summed E-state index contributed by atoms with van der Waals surface area (Å²) < 4.78 is 0. The summed E-state index contributed by atoms with van der Waals surface area (Å²) in [7, 11) is 0. The van der Waals surface area contributed by atoms with E-state index >= 15 is 0 Å². The molecule has 0 spiro atoms. The number of rotatable bonds is 4. The highest BCUT2D eigenvalue weighted by Gasteiger charge is 2.19. The van der Waals surface area contributed by atoms with Gasteiger partial charge in [0, 0.05) is 12.6 Å². The molecule has 0 aliphatic rings. The van der Waals surface area contributed by atoms with E-state index in [1.165, 1.54) is 12.3 Å². The molecule has 0 radical (unpaired) electrons. The van der Waals surface area contributed by atoms with Crippen LogP contribution < -0.4 is 5.32 Å². The van der Waals surface area contributed by atoms with E-state index in [1.807, 2.05) is 0 Å². The van der Waals surface area contributed by atoms with Crippen molar-refractivity contribution in [1.29, 1.82) is 0 Å². The first-order valence-electron chi connectivity index (χ1n) is 5.65. The molecule has 5 nitrogen and oxygen atoms in total. The zero-order valence-corrected chi connectivity index (χ0v) is 10.7. The quantitative estimate of drug-likeness (QED) is 0.645. The Morgan fingerprint density at radius 2 is 2.12 bits per heavy atom. The van der Waals surface area contributed by atoms with Gasteiger partial charge in [-0.2, -0.15) is 0 Å². The molecule has 1 unspecified atom stereocenters. The maximum Gasteiger partial charge on any atom is 0.363 e. The van der Waals surface area contributed by atoms with Gasteiger partial charge in [0.2, 0.25) is 0 Å². The average molecular weight is 237 g/mol. The van der Waals surface area contributed by atoms with Crippen LogP contribution in [-0.2, 0) is 0 Å². The zero-order chi connectivity index (χ0) is 13.1. The van der Waals surface area contributed by atoms with Gasteiger partial charge in [-0.05, 0) is 27.3 Å². The maximum absolute atomic E-state index is 10.4. The molecule has 5 heteroatoms. The van der Waals surface area contributed by atoms with E-state index < -0.39 is 4.92 Å². The van der Waals surface area contributed by atoms with Crippen LogP contribution in [0.5, 0.6) is 0 Å². The van der Waals surface area contributed by atoms with Gasteiger partial charge < -0.3 is 15.4 Å².